The molecule has 1 saturated heterocycles. The lowest BCUT2D eigenvalue weighted by atomic mass is 9.96. The van der Waals surface area contributed by atoms with E-state index in [1.54, 1.807) is 4.90 Å². The van der Waals surface area contributed by atoms with Crippen molar-refractivity contribution in [2.75, 3.05) is 23.7 Å². The first-order valence-electron chi connectivity index (χ1n) is 6.30. The monoisotopic (exact) mass is 287 g/mol. The smallest absolute Gasteiger partial charge is 0.393 e. The Morgan fingerprint density at radius 1 is 1.35 bits per heavy atom. The van der Waals surface area contributed by atoms with Crippen LogP contribution in [0.2, 0.25) is 0 Å². The third kappa shape index (κ3) is 2.97. The van der Waals surface area contributed by atoms with Gasteiger partial charge in [0.1, 0.15) is 0 Å². The number of benzene rings is 1. The molecule has 1 aliphatic rings. The van der Waals surface area contributed by atoms with Gasteiger partial charge in [0.05, 0.1) is 17.3 Å². The molecule has 0 saturated carbocycles. The lowest BCUT2D eigenvalue weighted by Crippen LogP contribution is -2.42. The molecule has 2 rings (SSSR count). The van der Waals surface area contributed by atoms with Crippen LogP contribution in [0.15, 0.2) is 18.2 Å². The maximum atomic E-state index is 12.8. The largest absolute Gasteiger partial charge is 0.397 e. The number of nitrogen functional groups attached to an aromatic ring is 1. The Bertz CT molecular complexity index is 516. The second kappa shape index (κ2) is 5.22. The minimum atomic E-state index is -4.21. The van der Waals surface area contributed by atoms with E-state index in [0.29, 0.717) is 24.3 Å². The summed E-state index contributed by atoms with van der Waals surface area (Å²) in [5, 5.41) is 0. The maximum absolute atomic E-state index is 12.8. The standard InChI is InChI=1S/C13H16F3N3O/c14-13(15,16)9-2-1-5-19(7-9)11-6-8(12(18)20)3-4-10(11)17/h3-4,6,9H,1-2,5,7,17H2,(H2,18,20). The number of rotatable bonds is 2. The van der Waals surface area contributed by atoms with Gasteiger partial charge in [-0.2, -0.15) is 13.2 Å². The van der Waals surface area contributed by atoms with Crippen molar-refractivity contribution in [1.29, 1.82) is 0 Å². The lowest BCUT2D eigenvalue weighted by molar-refractivity contribution is -0.175. The van der Waals surface area contributed by atoms with Gasteiger partial charge < -0.3 is 16.4 Å². The van der Waals surface area contributed by atoms with Crippen LogP contribution in [0.25, 0.3) is 0 Å². The molecule has 110 valence electrons. The molecular weight excluding hydrogens is 271 g/mol. The van der Waals surface area contributed by atoms with Gasteiger partial charge in [-0.1, -0.05) is 0 Å². The maximum Gasteiger partial charge on any atom is 0.393 e. The molecule has 1 fully saturated rings. The normalized spacial score (nSPS) is 19.9. The summed E-state index contributed by atoms with van der Waals surface area (Å²) >= 11 is 0. The Morgan fingerprint density at radius 2 is 2.05 bits per heavy atom. The zero-order valence-electron chi connectivity index (χ0n) is 10.8. The Hall–Kier alpha value is -1.92. The lowest BCUT2D eigenvalue weighted by Gasteiger charge is -2.36. The Morgan fingerprint density at radius 3 is 2.65 bits per heavy atom. The number of amides is 1. The van der Waals surface area contributed by atoms with Crippen molar-refractivity contribution in [3.63, 3.8) is 0 Å². The molecule has 7 heteroatoms. The minimum absolute atomic E-state index is 0.120. The Balaban J connectivity index is 2.27. The summed E-state index contributed by atoms with van der Waals surface area (Å²) in [6, 6.07) is 4.41. The third-order valence-electron chi connectivity index (χ3n) is 3.54. The van der Waals surface area contributed by atoms with Crippen molar-refractivity contribution in [2.24, 2.45) is 11.7 Å². The highest BCUT2D eigenvalue weighted by molar-refractivity contribution is 5.95. The van der Waals surface area contributed by atoms with Crippen LogP contribution in [0, 0.1) is 5.92 Å². The van der Waals surface area contributed by atoms with Gasteiger partial charge >= 0.3 is 6.18 Å². The predicted molar refractivity (Wildman–Crippen MR) is 70.4 cm³/mol. The van der Waals surface area contributed by atoms with Crippen molar-refractivity contribution >= 4 is 17.3 Å². The number of piperidine rings is 1. The number of hydrogen-bond donors (Lipinski definition) is 2. The van der Waals surface area contributed by atoms with Gasteiger partial charge in [-0.25, -0.2) is 0 Å². The zero-order valence-corrected chi connectivity index (χ0v) is 10.8. The van der Waals surface area contributed by atoms with E-state index < -0.39 is 18.0 Å². The molecule has 1 aromatic carbocycles. The van der Waals surface area contributed by atoms with Crippen molar-refractivity contribution in [3.05, 3.63) is 23.8 Å². The summed E-state index contributed by atoms with van der Waals surface area (Å²) in [6.45, 7) is 0.342. The van der Waals surface area contributed by atoms with Crippen LogP contribution in [0.5, 0.6) is 0 Å². The number of nitrogens with two attached hydrogens (primary N) is 2. The van der Waals surface area contributed by atoms with Crippen molar-refractivity contribution in [3.8, 4) is 0 Å². The van der Waals surface area contributed by atoms with Gasteiger partial charge in [-0.3, -0.25) is 4.79 Å². The van der Waals surface area contributed by atoms with E-state index in [0.717, 1.165) is 0 Å². The second-order valence-electron chi connectivity index (χ2n) is 4.96. The van der Waals surface area contributed by atoms with Crippen LogP contribution < -0.4 is 16.4 Å². The van der Waals surface area contributed by atoms with Gasteiger partial charge in [-0.15, -0.1) is 0 Å². The molecule has 0 bridgehead atoms. The fraction of sp³-hybridized carbons (Fsp3) is 0.462. The van der Waals surface area contributed by atoms with Crippen LogP contribution in [0.3, 0.4) is 0 Å². The second-order valence-corrected chi connectivity index (χ2v) is 4.96. The molecule has 1 aromatic rings. The van der Waals surface area contributed by atoms with Gasteiger partial charge in [-0.05, 0) is 31.0 Å². The molecule has 1 unspecified atom stereocenters. The summed E-state index contributed by atoms with van der Waals surface area (Å²) in [4.78, 5) is 12.7. The van der Waals surface area contributed by atoms with Crippen LogP contribution in [-0.2, 0) is 0 Å². The van der Waals surface area contributed by atoms with E-state index in [9.17, 15) is 18.0 Å². The summed E-state index contributed by atoms with van der Waals surface area (Å²) in [5.41, 5.74) is 12.0. The van der Waals surface area contributed by atoms with Gasteiger partial charge in [0.15, 0.2) is 0 Å². The molecule has 1 amide bonds. The molecule has 20 heavy (non-hydrogen) atoms. The highest BCUT2D eigenvalue weighted by Gasteiger charge is 2.42. The van der Waals surface area contributed by atoms with Crippen molar-refractivity contribution in [1.82, 2.24) is 0 Å². The third-order valence-corrected chi connectivity index (χ3v) is 3.54. The number of nitrogens with zero attached hydrogens (tertiary/aromatic N) is 1. The molecule has 4 N–H and O–H groups in total. The van der Waals surface area contributed by atoms with Crippen LogP contribution in [0.1, 0.15) is 23.2 Å². The van der Waals surface area contributed by atoms with Crippen LogP contribution in [-0.4, -0.2) is 25.2 Å². The topological polar surface area (TPSA) is 72.3 Å². The molecule has 0 radical (unpaired) electrons. The van der Waals surface area contributed by atoms with Crippen LogP contribution in [0.4, 0.5) is 24.5 Å². The predicted octanol–water partition coefficient (Wildman–Crippen LogP) is 2.15. The average molecular weight is 287 g/mol. The fourth-order valence-corrected chi connectivity index (χ4v) is 2.43. The Kier molecular flexibility index (Phi) is 3.78. The number of alkyl halides is 3. The van der Waals surface area contributed by atoms with Gasteiger partial charge in [0, 0.05) is 18.7 Å². The number of anilines is 2. The first-order chi connectivity index (χ1) is 9.29. The summed E-state index contributed by atoms with van der Waals surface area (Å²) in [6.07, 6.45) is -3.66. The highest BCUT2D eigenvalue weighted by atomic mass is 19.4. The molecular formula is C13H16F3N3O. The van der Waals surface area contributed by atoms with Crippen molar-refractivity contribution < 1.29 is 18.0 Å². The number of carbonyl (C=O) groups is 1. The van der Waals surface area contributed by atoms with E-state index in [4.69, 9.17) is 11.5 Å². The zero-order chi connectivity index (χ0) is 14.9. The Labute approximate surface area is 114 Å². The first kappa shape index (κ1) is 14.5. The van der Waals surface area contributed by atoms with Crippen LogP contribution >= 0.6 is 0 Å². The SMILES string of the molecule is NC(=O)c1ccc(N)c(N2CCCC(C(F)(F)F)C2)c1. The molecule has 0 aromatic heterocycles. The molecule has 1 aliphatic heterocycles. The van der Waals surface area contributed by atoms with Gasteiger partial charge in [0.25, 0.3) is 0 Å². The average Bonchev–Trinajstić information content (AvgIpc) is 2.38. The summed E-state index contributed by atoms with van der Waals surface area (Å²) in [7, 11) is 0. The number of halogens is 3. The van der Waals surface area contributed by atoms with E-state index >= 15 is 0 Å². The van der Waals surface area contributed by atoms with E-state index in [1.807, 2.05) is 0 Å². The number of primary amides is 1. The van der Waals surface area contributed by atoms with E-state index in [-0.39, 0.29) is 18.5 Å². The molecule has 0 aliphatic carbocycles. The van der Waals surface area contributed by atoms with Gasteiger partial charge in [0.2, 0.25) is 5.91 Å². The molecule has 4 nitrogen and oxygen atoms in total. The number of hydrogen-bond acceptors (Lipinski definition) is 3. The molecule has 1 atom stereocenters. The minimum Gasteiger partial charge on any atom is -0.397 e. The summed E-state index contributed by atoms with van der Waals surface area (Å²) in [5.74, 6) is -2.00. The number of carbonyl (C=O) groups excluding carboxylic acids is 1. The first-order valence-corrected chi connectivity index (χ1v) is 6.30. The fourth-order valence-electron chi connectivity index (χ4n) is 2.43. The van der Waals surface area contributed by atoms with E-state index in [2.05, 4.69) is 0 Å². The quantitative estimate of drug-likeness (QED) is 0.819. The summed E-state index contributed by atoms with van der Waals surface area (Å²) < 4.78 is 38.4. The molecule has 1 heterocycles. The molecule has 0 spiro atoms. The van der Waals surface area contributed by atoms with E-state index in [1.165, 1.54) is 18.2 Å². The highest BCUT2D eigenvalue weighted by Crippen LogP contribution is 2.36. The van der Waals surface area contributed by atoms with Crippen molar-refractivity contribution in [2.45, 2.75) is 19.0 Å².